The molecule has 1 aromatic heterocycles. The van der Waals surface area contributed by atoms with E-state index in [1.807, 2.05) is 30.5 Å². The molecule has 0 spiro atoms. The summed E-state index contributed by atoms with van der Waals surface area (Å²) in [5, 5.41) is 4.41. The van der Waals surface area contributed by atoms with Gasteiger partial charge >= 0.3 is 0 Å². The van der Waals surface area contributed by atoms with Crippen LogP contribution < -0.4 is 0 Å². The third-order valence-corrected chi connectivity index (χ3v) is 4.82. The summed E-state index contributed by atoms with van der Waals surface area (Å²) < 4.78 is 14.9. The zero-order valence-corrected chi connectivity index (χ0v) is 14.6. The standard InChI is InChI=1S/C19H24FN3O/c1-13-18(14(2)22(3)21-13)10-11-19(24)23(17-8-9-17)12-15-4-6-16(20)7-5-15/h4-7,17H,8-12H2,1-3H3. The first-order valence-electron chi connectivity index (χ1n) is 8.48. The number of carbonyl (C=O) groups excluding carboxylic acids is 1. The number of aromatic nitrogens is 2. The van der Waals surface area contributed by atoms with Crippen molar-refractivity contribution in [2.24, 2.45) is 7.05 Å². The Morgan fingerprint density at radius 2 is 1.96 bits per heavy atom. The lowest BCUT2D eigenvalue weighted by Crippen LogP contribution is -2.32. The van der Waals surface area contributed by atoms with Gasteiger partial charge in [0, 0.05) is 31.7 Å². The summed E-state index contributed by atoms with van der Waals surface area (Å²) >= 11 is 0. The number of carbonyl (C=O) groups is 1. The van der Waals surface area contributed by atoms with Gasteiger partial charge in [0.25, 0.3) is 0 Å². The third-order valence-electron chi connectivity index (χ3n) is 4.82. The van der Waals surface area contributed by atoms with E-state index in [9.17, 15) is 9.18 Å². The lowest BCUT2D eigenvalue weighted by Gasteiger charge is -2.22. The van der Waals surface area contributed by atoms with Crippen molar-refractivity contribution >= 4 is 5.91 Å². The molecule has 0 N–H and O–H groups in total. The van der Waals surface area contributed by atoms with Gasteiger partial charge in [-0.1, -0.05) is 12.1 Å². The van der Waals surface area contributed by atoms with Crippen molar-refractivity contribution in [1.82, 2.24) is 14.7 Å². The largest absolute Gasteiger partial charge is 0.335 e. The monoisotopic (exact) mass is 329 g/mol. The van der Waals surface area contributed by atoms with Crippen molar-refractivity contribution in [2.75, 3.05) is 0 Å². The van der Waals surface area contributed by atoms with Gasteiger partial charge in [0.15, 0.2) is 0 Å². The second-order valence-electron chi connectivity index (χ2n) is 6.65. The molecule has 1 heterocycles. The van der Waals surface area contributed by atoms with Crippen molar-refractivity contribution in [1.29, 1.82) is 0 Å². The molecule has 0 radical (unpaired) electrons. The second-order valence-corrected chi connectivity index (χ2v) is 6.65. The summed E-state index contributed by atoms with van der Waals surface area (Å²) in [6.45, 7) is 4.59. The Morgan fingerprint density at radius 3 is 2.50 bits per heavy atom. The van der Waals surface area contributed by atoms with Crippen LogP contribution >= 0.6 is 0 Å². The van der Waals surface area contributed by atoms with Crippen LogP contribution in [0.2, 0.25) is 0 Å². The maximum Gasteiger partial charge on any atom is 0.223 e. The molecule has 4 nitrogen and oxygen atoms in total. The minimum absolute atomic E-state index is 0.171. The number of hydrogen-bond donors (Lipinski definition) is 0. The molecule has 24 heavy (non-hydrogen) atoms. The van der Waals surface area contributed by atoms with Crippen molar-refractivity contribution in [3.8, 4) is 0 Å². The molecule has 128 valence electrons. The highest BCUT2D eigenvalue weighted by Gasteiger charge is 2.32. The van der Waals surface area contributed by atoms with Crippen LogP contribution in [0.15, 0.2) is 24.3 Å². The molecule has 3 rings (SSSR count). The molecule has 5 heteroatoms. The van der Waals surface area contributed by atoms with Crippen LogP contribution in [0.3, 0.4) is 0 Å². The summed E-state index contributed by atoms with van der Waals surface area (Å²) in [6.07, 6.45) is 3.35. The van der Waals surface area contributed by atoms with E-state index in [0.717, 1.165) is 36.2 Å². The number of hydrogen-bond acceptors (Lipinski definition) is 2. The Labute approximate surface area is 142 Å². The second kappa shape index (κ2) is 6.75. The molecular formula is C19H24FN3O. The summed E-state index contributed by atoms with van der Waals surface area (Å²) in [5.41, 5.74) is 4.27. The maximum absolute atomic E-state index is 13.1. The van der Waals surface area contributed by atoms with Crippen LogP contribution in [0.25, 0.3) is 0 Å². The zero-order chi connectivity index (χ0) is 17.3. The van der Waals surface area contributed by atoms with Gasteiger partial charge in [-0.3, -0.25) is 9.48 Å². The summed E-state index contributed by atoms with van der Waals surface area (Å²) in [6, 6.07) is 6.76. The van der Waals surface area contributed by atoms with E-state index in [-0.39, 0.29) is 11.7 Å². The van der Waals surface area contributed by atoms with Crippen LogP contribution in [0.4, 0.5) is 4.39 Å². The molecule has 1 fully saturated rings. The SMILES string of the molecule is Cc1nn(C)c(C)c1CCC(=O)N(Cc1ccc(F)cc1)C1CC1. The molecule has 0 atom stereocenters. The third kappa shape index (κ3) is 3.66. The van der Waals surface area contributed by atoms with Gasteiger partial charge in [0.05, 0.1) is 5.69 Å². The molecule has 1 saturated carbocycles. The van der Waals surface area contributed by atoms with Crippen molar-refractivity contribution in [2.45, 2.75) is 52.1 Å². The molecule has 1 aliphatic carbocycles. The highest BCUT2D eigenvalue weighted by atomic mass is 19.1. The fourth-order valence-electron chi connectivity index (χ4n) is 3.15. The first-order valence-corrected chi connectivity index (χ1v) is 8.48. The molecule has 0 aliphatic heterocycles. The Morgan fingerprint density at radius 1 is 1.29 bits per heavy atom. The van der Waals surface area contributed by atoms with Crippen LogP contribution in [0.5, 0.6) is 0 Å². The lowest BCUT2D eigenvalue weighted by molar-refractivity contribution is -0.132. The van der Waals surface area contributed by atoms with Gasteiger partial charge in [0.1, 0.15) is 5.82 Å². The number of benzene rings is 1. The summed E-state index contributed by atoms with van der Waals surface area (Å²) in [7, 11) is 1.93. The fourth-order valence-corrected chi connectivity index (χ4v) is 3.15. The smallest absolute Gasteiger partial charge is 0.223 e. The molecule has 1 aliphatic rings. The van der Waals surface area contributed by atoms with Crippen LogP contribution in [-0.2, 0) is 24.8 Å². The molecule has 0 saturated heterocycles. The van der Waals surface area contributed by atoms with E-state index in [4.69, 9.17) is 0 Å². The maximum atomic E-state index is 13.1. The van der Waals surface area contributed by atoms with Crippen LogP contribution in [-0.4, -0.2) is 26.6 Å². The molecule has 0 unspecified atom stereocenters. The van der Waals surface area contributed by atoms with Crippen molar-refractivity contribution < 1.29 is 9.18 Å². The fraction of sp³-hybridized carbons (Fsp3) is 0.474. The number of amides is 1. The Hall–Kier alpha value is -2.17. The topological polar surface area (TPSA) is 38.1 Å². The Kier molecular flexibility index (Phi) is 4.69. The van der Waals surface area contributed by atoms with Gasteiger partial charge in [0.2, 0.25) is 5.91 Å². The quantitative estimate of drug-likeness (QED) is 0.815. The van der Waals surface area contributed by atoms with Gasteiger partial charge in [-0.05, 0) is 56.4 Å². The first kappa shape index (κ1) is 16.7. The van der Waals surface area contributed by atoms with Crippen LogP contribution in [0.1, 0.15) is 41.8 Å². The number of halogens is 1. The number of rotatable bonds is 6. The van der Waals surface area contributed by atoms with Gasteiger partial charge in [-0.25, -0.2) is 4.39 Å². The average molecular weight is 329 g/mol. The van der Waals surface area contributed by atoms with Gasteiger partial charge < -0.3 is 4.90 Å². The lowest BCUT2D eigenvalue weighted by atomic mass is 10.1. The van der Waals surface area contributed by atoms with Crippen molar-refractivity contribution in [3.05, 3.63) is 52.6 Å². The molecular weight excluding hydrogens is 305 g/mol. The zero-order valence-electron chi connectivity index (χ0n) is 14.6. The van der Waals surface area contributed by atoms with E-state index in [1.54, 1.807) is 12.1 Å². The average Bonchev–Trinajstić information content (AvgIpc) is 3.35. The molecule has 0 bridgehead atoms. The Balaban J connectivity index is 1.65. The van der Waals surface area contributed by atoms with E-state index in [0.29, 0.717) is 19.0 Å². The minimum Gasteiger partial charge on any atom is -0.335 e. The molecule has 2 aromatic rings. The van der Waals surface area contributed by atoms with E-state index in [2.05, 4.69) is 5.10 Å². The van der Waals surface area contributed by atoms with Gasteiger partial charge in [-0.15, -0.1) is 0 Å². The molecule has 1 aromatic carbocycles. The normalized spacial score (nSPS) is 14.0. The van der Waals surface area contributed by atoms with E-state index < -0.39 is 0 Å². The number of aryl methyl sites for hydroxylation is 2. The molecule has 1 amide bonds. The summed E-state index contributed by atoms with van der Waals surface area (Å²) in [4.78, 5) is 14.7. The highest BCUT2D eigenvalue weighted by Crippen LogP contribution is 2.29. The van der Waals surface area contributed by atoms with E-state index >= 15 is 0 Å². The number of nitrogens with zero attached hydrogens (tertiary/aromatic N) is 3. The van der Waals surface area contributed by atoms with E-state index in [1.165, 1.54) is 17.7 Å². The summed E-state index contributed by atoms with van der Waals surface area (Å²) in [5.74, 6) is -0.0740. The highest BCUT2D eigenvalue weighted by molar-refractivity contribution is 5.77. The van der Waals surface area contributed by atoms with Crippen molar-refractivity contribution in [3.63, 3.8) is 0 Å². The minimum atomic E-state index is -0.245. The Bertz CT molecular complexity index is 732. The first-order chi connectivity index (χ1) is 11.5. The van der Waals surface area contributed by atoms with Crippen LogP contribution in [0, 0.1) is 19.7 Å². The predicted molar refractivity (Wildman–Crippen MR) is 91.0 cm³/mol. The predicted octanol–water partition coefficient (Wildman–Crippen LogP) is 3.30. The van der Waals surface area contributed by atoms with Gasteiger partial charge in [-0.2, -0.15) is 5.10 Å².